The lowest BCUT2D eigenvalue weighted by atomic mass is 10.0. The van der Waals surface area contributed by atoms with Gasteiger partial charge in [-0.15, -0.1) is 0 Å². The first-order chi connectivity index (χ1) is 11.5. The highest BCUT2D eigenvalue weighted by molar-refractivity contribution is 5.69. The molecule has 1 saturated heterocycles. The van der Waals surface area contributed by atoms with E-state index in [9.17, 15) is 13.6 Å². The first-order valence-corrected chi connectivity index (χ1v) is 8.20. The van der Waals surface area contributed by atoms with Crippen molar-refractivity contribution in [3.8, 4) is 5.75 Å². The van der Waals surface area contributed by atoms with Crippen molar-refractivity contribution in [2.75, 3.05) is 26.2 Å². The monoisotopic (exact) mass is 342 g/mol. The van der Waals surface area contributed by atoms with E-state index in [-0.39, 0.29) is 18.3 Å². The average Bonchev–Trinajstić information content (AvgIpc) is 2.53. The normalized spacial score (nSPS) is 16.7. The van der Waals surface area contributed by atoms with Crippen molar-refractivity contribution in [2.45, 2.75) is 39.0 Å². The quantitative estimate of drug-likeness (QED) is 0.787. The fourth-order valence-electron chi connectivity index (χ4n) is 3.19. The van der Waals surface area contributed by atoms with Crippen molar-refractivity contribution in [1.29, 1.82) is 0 Å². The highest BCUT2D eigenvalue weighted by Gasteiger charge is 2.25. The predicted molar refractivity (Wildman–Crippen MR) is 86.3 cm³/mol. The molecule has 134 valence electrons. The fourth-order valence-corrected chi connectivity index (χ4v) is 3.19. The number of alkyl halides is 2. The molecule has 1 aliphatic rings. The number of piperidine rings is 1. The third-order valence-electron chi connectivity index (χ3n) is 4.35. The van der Waals surface area contributed by atoms with Crippen LogP contribution in [0.3, 0.4) is 0 Å². The summed E-state index contributed by atoms with van der Waals surface area (Å²) in [6.45, 7) is 2.37. The smallest absolute Gasteiger partial charge is 0.387 e. The molecule has 1 N–H and O–H groups in total. The zero-order valence-electron chi connectivity index (χ0n) is 13.8. The molecule has 2 rings (SSSR count). The highest BCUT2D eigenvalue weighted by Crippen LogP contribution is 2.21. The van der Waals surface area contributed by atoms with Gasteiger partial charge in [-0.1, -0.05) is 19.1 Å². The summed E-state index contributed by atoms with van der Waals surface area (Å²) in [6, 6.07) is 7.06. The first-order valence-electron chi connectivity index (χ1n) is 8.20. The van der Waals surface area contributed by atoms with E-state index in [1.165, 1.54) is 6.07 Å². The number of likely N-dealkylation sites (tertiary alicyclic amines) is 1. The Hall–Kier alpha value is -1.73. The number of carbonyl (C=O) groups is 1. The van der Waals surface area contributed by atoms with Crippen LogP contribution in [-0.2, 0) is 11.3 Å². The van der Waals surface area contributed by atoms with Crippen molar-refractivity contribution in [3.63, 3.8) is 0 Å². The lowest BCUT2D eigenvalue weighted by Crippen LogP contribution is -2.46. The summed E-state index contributed by atoms with van der Waals surface area (Å²) in [5, 5.41) is 8.96. The topological polar surface area (TPSA) is 53.0 Å². The number of rotatable bonds is 8. The van der Waals surface area contributed by atoms with Gasteiger partial charge in [-0.25, -0.2) is 0 Å². The number of carboxylic acid groups (broad SMARTS) is 1. The predicted octanol–water partition coefficient (Wildman–Crippen LogP) is 2.66. The van der Waals surface area contributed by atoms with E-state index in [0.717, 1.165) is 38.0 Å². The van der Waals surface area contributed by atoms with Crippen LogP contribution < -0.4 is 4.74 Å². The van der Waals surface area contributed by atoms with Crippen LogP contribution in [0.1, 0.15) is 25.3 Å². The average molecular weight is 342 g/mol. The summed E-state index contributed by atoms with van der Waals surface area (Å²) in [5.74, 6) is -0.619. The van der Waals surface area contributed by atoms with Crippen LogP contribution in [0.25, 0.3) is 0 Å². The van der Waals surface area contributed by atoms with Gasteiger partial charge in [-0.2, -0.15) is 8.78 Å². The summed E-state index contributed by atoms with van der Waals surface area (Å²) >= 11 is 0. The Balaban J connectivity index is 1.85. The number of nitrogens with zero attached hydrogens (tertiary/aromatic N) is 2. The van der Waals surface area contributed by atoms with Gasteiger partial charge in [-0.3, -0.25) is 14.6 Å². The van der Waals surface area contributed by atoms with Crippen LogP contribution in [-0.4, -0.2) is 59.7 Å². The van der Waals surface area contributed by atoms with Crippen LogP contribution in [0.2, 0.25) is 0 Å². The molecule has 1 aromatic rings. The van der Waals surface area contributed by atoms with Crippen LogP contribution in [0.5, 0.6) is 5.75 Å². The SMILES string of the molecule is CCN(CC(=O)O)C1CCN(Cc2cccc(OC(F)F)c2)CC1. The van der Waals surface area contributed by atoms with Gasteiger partial charge in [0.2, 0.25) is 0 Å². The Morgan fingerprint density at radius 2 is 2.12 bits per heavy atom. The zero-order chi connectivity index (χ0) is 17.5. The Morgan fingerprint density at radius 3 is 2.71 bits per heavy atom. The highest BCUT2D eigenvalue weighted by atomic mass is 19.3. The molecule has 0 radical (unpaired) electrons. The molecule has 1 aromatic carbocycles. The summed E-state index contributed by atoms with van der Waals surface area (Å²) in [4.78, 5) is 15.2. The zero-order valence-corrected chi connectivity index (χ0v) is 13.8. The minimum atomic E-state index is -2.81. The summed E-state index contributed by atoms with van der Waals surface area (Å²) < 4.78 is 29.0. The van der Waals surface area contributed by atoms with Crippen molar-refractivity contribution in [3.05, 3.63) is 29.8 Å². The number of carboxylic acids is 1. The van der Waals surface area contributed by atoms with Gasteiger partial charge >= 0.3 is 12.6 Å². The maximum absolute atomic E-state index is 12.3. The second kappa shape index (κ2) is 8.94. The maximum atomic E-state index is 12.3. The minimum Gasteiger partial charge on any atom is -0.480 e. The second-order valence-corrected chi connectivity index (χ2v) is 5.99. The van der Waals surface area contributed by atoms with Gasteiger partial charge in [0.1, 0.15) is 5.75 Å². The molecule has 1 heterocycles. The van der Waals surface area contributed by atoms with E-state index < -0.39 is 12.6 Å². The number of likely N-dealkylation sites (N-methyl/N-ethyl adjacent to an activating group) is 1. The van der Waals surface area contributed by atoms with E-state index in [2.05, 4.69) is 9.64 Å². The van der Waals surface area contributed by atoms with Crippen molar-refractivity contribution in [1.82, 2.24) is 9.80 Å². The Kier molecular flexibility index (Phi) is 6.93. The lowest BCUT2D eigenvalue weighted by molar-refractivity contribution is -0.139. The molecule has 24 heavy (non-hydrogen) atoms. The molecule has 1 fully saturated rings. The lowest BCUT2D eigenvalue weighted by Gasteiger charge is -2.37. The molecule has 0 amide bonds. The van der Waals surface area contributed by atoms with Gasteiger partial charge in [0.05, 0.1) is 6.54 Å². The van der Waals surface area contributed by atoms with E-state index in [4.69, 9.17) is 5.11 Å². The molecule has 0 aliphatic carbocycles. The van der Waals surface area contributed by atoms with Crippen LogP contribution in [0.4, 0.5) is 8.78 Å². The molecule has 5 nitrogen and oxygen atoms in total. The van der Waals surface area contributed by atoms with Crippen molar-refractivity contribution in [2.24, 2.45) is 0 Å². The van der Waals surface area contributed by atoms with Gasteiger partial charge in [0.15, 0.2) is 0 Å². The van der Waals surface area contributed by atoms with Crippen molar-refractivity contribution < 1.29 is 23.4 Å². The number of halogens is 2. The molecule has 7 heteroatoms. The molecule has 0 atom stereocenters. The summed E-state index contributed by atoms with van der Waals surface area (Å²) in [5.41, 5.74) is 0.935. The molecule has 0 unspecified atom stereocenters. The largest absolute Gasteiger partial charge is 0.480 e. The molecule has 0 aromatic heterocycles. The Bertz CT molecular complexity index is 534. The van der Waals surface area contributed by atoms with Crippen LogP contribution in [0.15, 0.2) is 24.3 Å². The number of ether oxygens (including phenoxy) is 1. The van der Waals surface area contributed by atoms with Gasteiger partial charge in [-0.05, 0) is 50.2 Å². The van der Waals surface area contributed by atoms with E-state index in [1.807, 2.05) is 17.9 Å². The van der Waals surface area contributed by atoms with Gasteiger partial charge in [0.25, 0.3) is 0 Å². The molecular weight excluding hydrogens is 318 g/mol. The van der Waals surface area contributed by atoms with Crippen molar-refractivity contribution >= 4 is 5.97 Å². The first kappa shape index (κ1) is 18.6. The van der Waals surface area contributed by atoms with E-state index in [1.54, 1.807) is 12.1 Å². The number of hydrogen-bond acceptors (Lipinski definition) is 4. The Labute approximate surface area is 140 Å². The van der Waals surface area contributed by atoms with Crippen LogP contribution >= 0.6 is 0 Å². The third-order valence-corrected chi connectivity index (χ3v) is 4.35. The number of benzene rings is 1. The fraction of sp³-hybridized carbons (Fsp3) is 0.588. The van der Waals surface area contributed by atoms with Gasteiger partial charge < -0.3 is 9.84 Å². The minimum absolute atomic E-state index is 0.0776. The third kappa shape index (κ3) is 5.72. The molecule has 0 saturated carbocycles. The molecule has 0 spiro atoms. The number of hydrogen-bond donors (Lipinski definition) is 1. The van der Waals surface area contributed by atoms with Crippen LogP contribution in [0, 0.1) is 0 Å². The second-order valence-electron chi connectivity index (χ2n) is 5.99. The Morgan fingerprint density at radius 1 is 1.42 bits per heavy atom. The molecule has 1 aliphatic heterocycles. The summed E-state index contributed by atoms with van der Waals surface area (Å²) in [6.07, 6.45) is 1.82. The molecule has 0 bridgehead atoms. The van der Waals surface area contributed by atoms with Gasteiger partial charge in [0, 0.05) is 12.6 Å². The maximum Gasteiger partial charge on any atom is 0.387 e. The summed E-state index contributed by atoms with van der Waals surface area (Å²) in [7, 11) is 0. The molecular formula is C17H24F2N2O3. The van der Waals surface area contributed by atoms with E-state index in [0.29, 0.717) is 6.54 Å². The van der Waals surface area contributed by atoms with E-state index >= 15 is 0 Å². The standard InChI is InChI=1S/C17H24F2N2O3/c1-2-21(12-16(22)23)14-6-8-20(9-7-14)11-13-4-3-5-15(10-13)24-17(18)19/h3-5,10,14,17H,2,6-9,11-12H2,1H3,(H,22,23). The number of aliphatic carboxylic acids is 1.